The number of carbonyl (C=O) groups excluding carboxylic acids is 1. The van der Waals surface area contributed by atoms with Crippen molar-refractivity contribution in [2.24, 2.45) is 0 Å². The molecule has 3 heteroatoms. The van der Waals surface area contributed by atoms with Crippen molar-refractivity contribution in [1.29, 1.82) is 0 Å². The van der Waals surface area contributed by atoms with Crippen molar-refractivity contribution in [3.8, 4) is 0 Å². The lowest BCUT2D eigenvalue weighted by Crippen LogP contribution is -2.39. The van der Waals surface area contributed by atoms with E-state index in [0.717, 1.165) is 11.3 Å². The van der Waals surface area contributed by atoms with Gasteiger partial charge in [-0.05, 0) is 38.5 Å². The fraction of sp³-hybridized carbons (Fsp3) is 0.417. The molecule has 82 valence electrons. The average Bonchev–Trinajstić information content (AvgIpc) is 2.14. The second-order valence-electron chi connectivity index (χ2n) is 4.18. The van der Waals surface area contributed by atoms with E-state index in [4.69, 9.17) is 0 Å². The predicted octanol–water partition coefficient (Wildman–Crippen LogP) is 3.13. The van der Waals surface area contributed by atoms with Crippen molar-refractivity contribution in [3.63, 3.8) is 0 Å². The van der Waals surface area contributed by atoms with Gasteiger partial charge in [-0.3, -0.25) is 4.79 Å². The van der Waals surface area contributed by atoms with Gasteiger partial charge in [0.2, 0.25) is 5.91 Å². The number of rotatable bonds is 2. The van der Waals surface area contributed by atoms with Crippen LogP contribution < -0.4 is 4.90 Å². The van der Waals surface area contributed by atoms with Crippen molar-refractivity contribution < 1.29 is 4.79 Å². The third-order valence-electron chi connectivity index (χ3n) is 2.20. The lowest BCUT2D eigenvalue weighted by Gasteiger charge is -2.24. The van der Waals surface area contributed by atoms with Crippen LogP contribution >= 0.6 is 15.9 Å². The fourth-order valence-electron chi connectivity index (χ4n) is 1.35. The minimum atomic E-state index is -0.522. The Kier molecular flexibility index (Phi) is 3.55. The molecule has 0 aromatic heterocycles. The van der Waals surface area contributed by atoms with Crippen molar-refractivity contribution in [3.05, 3.63) is 29.8 Å². The minimum absolute atomic E-state index is 0.0492. The van der Waals surface area contributed by atoms with Crippen molar-refractivity contribution in [2.75, 3.05) is 11.9 Å². The molecule has 15 heavy (non-hydrogen) atoms. The maximum absolute atomic E-state index is 12.0. The molecule has 0 aliphatic heterocycles. The molecule has 0 spiro atoms. The molecular weight excluding hydrogens is 254 g/mol. The second kappa shape index (κ2) is 4.35. The zero-order valence-electron chi connectivity index (χ0n) is 9.54. The Bertz CT molecular complexity index is 368. The first kappa shape index (κ1) is 12.2. The molecule has 1 aromatic carbocycles. The Morgan fingerprint density at radius 1 is 1.40 bits per heavy atom. The van der Waals surface area contributed by atoms with Gasteiger partial charge in [-0.2, -0.15) is 0 Å². The number of alkyl halides is 1. The van der Waals surface area contributed by atoms with Crippen molar-refractivity contribution in [2.45, 2.75) is 25.1 Å². The summed E-state index contributed by atoms with van der Waals surface area (Å²) in [6.45, 7) is 5.71. The van der Waals surface area contributed by atoms with E-state index < -0.39 is 4.32 Å². The van der Waals surface area contributed by atoms with Crippen LogP contribution in [0, 0.1) is 6.92 Å². The van der Waals surface area contributed by atoms with Gasteiger partial charge in [0.1, 0.15) is 0 Å². The summed E-state index contributed by atoms with van der Waals surface area (Å²) in [4.78, 5) is 13.6. The molecule has 1 amide bonds. The summed E-state index contributed by atoms with van der Waals surface area (Å²) in [7, 11) is 1.79. The number of hydrogen-bond donors (Lipinski definition) is 0. The maximum Gasteiger partial charge on any atom is 0.243 e. The van der Waals surface area contributed by atoms with Gasteiger partial charge in [-0.15, -0.1) is 0 Å². The molecule has 0 saturated heterocycles. The summed E-state index contributed by atoms with van der Waals surface area (Å²) in [6, 6.07) is 7.90. The highest BCUT2D eigenvalue weighted by molar-refractivity contribution is 9.10. The van der Waals surface area contributed by atoms with Crippen LogP contribution in [-0.4, -0.2) is 17.3 Å². The van der Waals surface area contributed by atoms with E-state index in [-0.39, 0.29) is 5.91 Å². The van der Waals surface area contributed by atoms with E-state index in [9.17, 15) is 4.79 Å². The van der Waals surface area contributed by atoms with Gasteiger partial charge in [0.15, 0.2) is 0 Å². The fourth-order valence-corrected chi connectivity index (χ4v) is 1.62. The van der Waals surface area contributed by atoms with Gasteiger partial charge < -0.3 is 4.90 Å². The van der Waals surface area contributed by atoms with E-state index in [2.05, 4.69) is 15.9 Å². The van der Waals surface area contributed by atoms with Crippen LogP contribution in [0.5, 0.6) is 0 Å². The van der Waals surface area contributed by atoms with E-state index in [1.807, 2.05) is 45.0 Å². The van der Waals surface area contributed by atoms with Crippen LogP contribution in [0.25, 0.3) is 0 Å². The third-order valence-corrected chi connectivity index (χ3v) is 2.54. The molecule has 0 unspecified atom stereocenters. The number of aryl methyl sites for hydroxylation is 1. The lowest BCUT2D eigenvalue weighted by atomic mass is 10.1. The average molecular weight is 270 g/mol. The van der Waals surface area contributed by atoms with Crippen LogP contribution in [0.1, 0.15) is 19.4 Å². The van der Waals surface area contributed by atoms with Crippen LogP contribution in [0.2, 0.25) is 0 Å². The molecule has 0 bridgehead atoms. The van der Waals surface area contributed by atoms with Crippen LogP contribution in [-0.2, 0) is 4.79 Å². The highest BCUT2D eigenvalue weighted by Gasteiger charge is 2.27. The molecule has 1 aromatic rings. The molecule has 1 rings (SSSR count). The summed E-state index contributed by atoms with van der Waals surface area (Å²) in [6.07, 6.45) is 0. The summed E-state index contributed by atoms with van der Waals surface area (Å²) in [5.41, 5.74) is 2.08. The second-order valence-corrected chi connectivity index (χ2v) is 6.16. The first-order chi connectivity index (χ1) is 6.82. The van der Waals surface area contributed by atoms with Crippen LogP contribution in [0.3, 0.4) is 0 Å². The maximum atomic E-state index is 12.0. The van der Waals surface area contributed by atoms with Gasteiger partial charge in [-0.25, -0.2) is 0 Å². The topological polar surface area (TPSA) is 20.3 Å². The smallest absolute Gasteiger partial charge is 0.243 e. The lowest BCUT2D eigenvalue weighted by molar-refractivity contribution is -0.119. The number of amides is 1. The van der Waals surface area contributed by atoms with E-state index in [0.29, 0.717) is 0 Å². The zero-order chi connectivity index (χ0) is 11.6. The zero-order valence-corrected chi connectivity index (χ0v) is 11.1. The molecule has 0 aliphatic rings. The van der Waals surface area contributed by atoms with E-state index >= 15 is 0 Å². The molecule has 0 radical (unpaired) electrons. The van der Waals surface area contributed by atoms with E-state index in [1.165, 1.54) is 0 Å². The first-order valence-corrected chi connectivity index (χ1v) is 5.65. The SMILES string of the molecule is Cc1cccc(N(C)C(=O)C(C)(C)Br)c1. The van der Waals surface area contributed by atoms with Crippen molar-refractivity contribution >= 4 is 27.5 Å². The molecular formula is C12H16BrNO. The standard InChI is InChI=1S/C12H16BrNO/c1-9-6-5-7-10(8-9)14(4)11(15)12(2,3)13/h5-8H,1-4H3. The molecule has 0 aliphatic carbocycles. The monoisotopic (exact) mass is 269 g/mol. The summed E-state index contributed by atoms with van der Waals surface area (Å²) >= 11 is 3.37. The Morgan fingerprint density at radius 3 is 2.47 bits per heavy atom. The number of hydrogen-bond acceptors (Lipinski definition) is 1. The Hall–Kier alpha value is -0.830. The Balaban J connectivity index is 2.95. The molecule has 2 nitrogen and oxygen atoms in total. The highest BCUT2D eigenvalue weighted by Crippen LogP contribution is 2.23. The van der Waals surface area contributed by atoms with Gasteiger partial charge in [0, 0.05) is 12.7 Å². The summed E-state index contributed by atoms with van der Waals surface area (Å²) in [5, 5.41) is 0. The highest BCUT2D eigenvalue weighted by atomic mass is 79.9. The van der Waals surface area contributed by atoms with Gasteiger partial charge in [0.25, 0.3) is 0 Å². The van der Waals surface area contributed by atoms with Gasteiger partial charge in [-0.1, -0.05) is 28.1 Å². The van der Waals surface area contributed by atoms with Crippen LogP contribution in [0.15, 0.2) is 24.3 Å². The van der Waals surface area contributed by atoms with Crippen molar-refractivity contribution in [1.82, 2.24) is 0 Å². The molecule has 0 atom stereocenters. The van der Waals surface area contributed by atoms with Crippen LogP contribution in [0.4, 0.5) is 5.69 Å². The van der Waals surface area contributed by atoms with E-state index in [1.54, 1.807) is 11.9 Å². The van der Waals surface area contributed by atoms with Gasteiger partial charge >= 0.3 is 0 Å². The predicted molar refractivity (Wildman–Crippen MR) is 67.6 cm³/mol. The number of carbonyl (C=O) groups is 1. The summed E-state index contributed by atoms with van der Waals surface area (Å²) < 4.78 is -0.522. The normalized spacial score (nSPS) is 11.3. The number of nitrogens with zero attached hydrogens (tertiary/aromatic N) is 1. The number of halogens is 1. The Labute approximate surface area is 99.4 Å². The number of benzene rings is 1. The molecule has 0 saturated carbocycles. The quantitative estimate of drug-likeness (QED) is 0.756. The molecule has 0 fully saturated rings. The molecule has 0 N–H and O–H groups in total. The third kappa shape index (κ3) is 3.06. The first-order valence-electron chi connectivity index (χ1n) is 4.86. The van der Waals surface area contributed by atoms with Gasteiger partial charge in [0.05, 0.1) is 4.32 Å². The summed E-state index contributed by atoms with van der Waals surface area (Å²) in [5.74, 6) is 0.0492. The number of anilines is 1. The Morgan fingerprint density at radius 2 is 2.00 bits per heavy atom. The minimum Gasteiger partial charge on any atom is -0.314 e. The molecule has 0 heterocycles. The largest absolute Gasteiger partial charge is 0.314 e.